The van der Waals surface area contributed by atoms with Gasteiger partial charge < -0.3 is 4.74 Å². The minimum atomic E-state index is -0.179. The molecule has 0 aromatic rings. The van der Waals surface area contributed by atoms with Gasteiger partial charge in [-0.1, -0.05) is 6.58 Å². The molecule has 0 N–H and O–H groups in total. The highest BCUT2D eigenvalue weighted by molar-refractivity contribution is 6.18. The van der Waals surface area contributed by atoms with Crippen molar-refractivity contribution in [1.82, 2.24) is 0 Å². The molecule has 0 aromatic carbocycles. The smallest absolute Gasteiger partial charge is 0.306 e. The van der Waals surface area contributed by atoms with Crippen molar-refractivity contribution in [2.24, 2.45) is 0 Å². The highest BCUT2D eigenvalue weighted by atomic mass is 28.1. The highest BCUT2D eigenvalue weighted by Crippen LogP contribution is 1.79. The molecule has 0 aliphatic rings. The summed E-state index contributed by atoms with van der Waals surface area (Å²) in [7, 11) is 0.865. The molecular weight excluding hydrogens is 108 g/mol. The van der Waals surface area contributed by atoms with Gasteiger partial charge in [-0.2, -0.15) is 0 Å². The third-order valence-electron chi connectivity index (χ3n) is 0.503. The summed E-state index contributed by atoms with van der Waals surface area (Å²) in [6.45, 7) is 3.22. The van der Waals surface area contributed by atoms with E-state index in [4.69, 9.17) is 0 Å². The van der Waals surface area contributed by atoms with Crippen LogP contribution < -0.4 is 0 Å². The number of carbonyl (C=O) groups excluding carboxylic acids is 1. The summed E-state index contributed by atoms with van der Waals surface area (Å²) in [6, 6.07) is 0.548. The fourth-order valence-corrected chi connectivity index (χ4v) is 0.343. The maximum Gasteiger partial charge on any atom is 0.306 e. The van der Waals surface area contributed by atoms with Crippen LogP contribution in [0.2, 0.25) is 6.04 Å². The van der Waals surface area contributed by atoms with Gasteiger partial charge in [0.05, 0.1) is 6.26 Å². The molecular formula is C4H8O2Si. The Bertz CT molecular complexity index is 79.8. The van der Waals surface area contributed by atoms with E-state index < -0.39 is 0 Å². The second-order valence-corrected chi connectivity index (χ2v) is 1.72. The molecule has 0 saturated carbocycles. The molecule has 2 nitrogen and oxygen atoms in total. The van der Waals surface area contributed by atoms with Crippen molar-refractivity contribution in [2.45, 2.75) is 6.04 Å². The standard InChI is InChI=1S/C4H8O2Si/c1-2-6-4(5)3-7/h2H,1,3H2,7H3. The third-order valence-corrected chi connectivity index (χ3v) is 1.08. The Morgan fingerprint density at radius 2 is 2.57 bits per heavy atom. The maximum absolute atomic E-state index is 10.2. The fraction of sp³-hybridized carbons (Fsp3) is 0.250. The number of hydrogen-bond acceptors (Lipinski definition) is 2. The van der Waals surface area contributed by atoms with Crippen molar-refractivity contribution in [3.8, 4) is 0 Å². The van der Waals surface area contributed by atoms with Crippen molar-refractivity contribution in [1.29, 1.82) is 0 Å². The Labute approximate surface area is 45.6 Å². The first-order valence-electron chi connectivity index (χ1n) is 2.11. The quantitative estimate of drug-likeness (QED) is 0.275. The number of ether oxygens (including phenoxy) is 1. The fourth-order valence-electron chi connectivity index (χ4n) is 0.176. The summed E-state index contributed by atoms with van der Waals surface area (Å²) in [5.41, 5.74) is 0. The van der Waals surface area contributed by atoms with Crippen LogP contribution in [0.15, 0.2) is 12.8 Å². The molecule has 7 heavy (non-hydrogen) atoms. The van der Waals surface area contributed by atoms with Gasteiger partial charge in [0.25, 0.3) is 0 Å². The molecule has 0 radical (unpaired) electrons. The highest BCUT2D eigenvalue weighted by Gasteiger charge is 1.89. The van der Waals surface area contributed by atoms with Crippen LogP contribution >= 0.6 is 0 Å². The van der Waals surface area contributed by atoms with Crippen molar-refractivity contribution in [3.05, 3.63) is 12.8 Å². The molecule has 0 unspecified atom stereocenters. The molecule has 0 heterocycles. The first kappa shape index (κ1) is 6.43. The van der Waals surface area contributed by atoms with E-state index in [-0.39, 0.29) is 5.97 Å². The SMILES string of the molecule is C=COC(=O)C[SiH3]. The van der Waals surface area contributed by atoms with Gasteiger partial charge in [0.15, 0.2) is 0 Å². The summed E-state index contributed by atoms with van der Waals surface area (Å²) in [5.74, 6) is -0.179. The van der Waals surface area contributed by atoms with E-state index in [0.29, 0.717) is 6.04 Å². The Kier molecular flexibility index (Phi) is 3.32. The first-order chi connectivity index (χ1) is 3.31. The van der Waals surface area contributed by atoms with Crippen molar-refractivity contribution in [2.75, 3.05) is 0 Å². The summed E-state index contributed by atoms with van der Waals surface area (Å²) >= 11 is 0. The van der Waals surface area contributed by atoms with E-state index >= 15 is 0 Å². The van der Waals surface area contributed by atoms with E-state index in [9.17, 15) is 4.79 Å². The minimum Gasteiger partial charge on any atom is -0.435 e. The lowest BCUT2D eigenvalue weighted by molar-refractivity contribution is -0.135. The number of esters is 1. The van der Waals surface area contributed by atoms with E-state index in [1.165, 1.54) is 0 Å². The van der Waals surface area contributed by atoms with Crippen LogP contribution in [0.25, 0.3) is 0 Å². The monoisotopic (exact) mass is 116 g/mol. The lowest BCUT2D eigenvalue weighted by atomic mass is 10.8. The number of hydrogen-bond donors (Lipinski definition) is 0. The Hall–Kier alpha value is -0.573. The zero-order valence-electron chi connectivity index (χ0n) is 4.31. The van der Waals surface area contributed by atoms with Gasteiger partial charge in [-0.25, -0.2) is 0 Å². The topological polar surface area (TPSA) is 26.3 Å². The first-order valence-corrected chi connectivity index (χ1v) is 3.53. The molecule has 0 aliphatic heterocycles. The maximum atomic E-state index is 10.2. The molecule has 0 atom stereocenters. The second kappa shape index (κ2) is 3.61. The third kappa shape index (κ3) is 3.25. The Balaban J connectivity index is 3.17. The van der Waals surface area contributed by atoms with Gasteiger partial charge in [-0.3, -0.25) is 4.79 Å². The van der Waals surface area contributed by atoms with Gasteiger partial charge >= 0.3 is 5.97 Å². The zero-order valence-corrected chi connectivity index (χ0v) is 6.31. The number of carbonyl (C=O) groups is 1. The van der Waals surface area contributed by atoms with Crippen LogP contribution in [0.5, 0.6) is 0 Å². The van der Waals surface area contributed by atoms with Crippen LogP contribution in [0, 0.1) is 0 Å². The predicted octanol–water partition coefficient (Wildman–Crippen LogP) is -0.543. The average molecular weight is 116 g/mol. The van der Waals surface area contributed by atoms with Gasteiger partial charge in [0.1, 0.15) is 0 Å². The van der Waals surface area contributed by atoms with Gasteiger partial charge in [-0.15, -0.1) is 0 Å². The molecule has 3 heteroatoms. The molecule has 0 aromatic heterocycles. The van der Waals surface area contributed by atoms with Crippen molar-refractivity contribution in [3.63, 3.8) is 0 Å². The molecule has 0 saturated heterocycles. The predicted molar refractivity (Wildman–Crippen MR) is 31.0 cm³/mol. The van der Waals surface area contributed by atoms with Crippen molar-refractivity contribution >= 4 is 16.2 Å². The van der Waals surface area contributed by atoms with Gasteiger partial charge in [0.2, 0.25) is 0 Å². The summed E-state index contributed by atoms with van der Waals surface area (Å²) in [4.78, 5) is 10.2. The normalized spacial score (nSPS) is 8.00. The minimum absolute atomic E-state index is 0.179. The summed E-state index contributed by atoms with van der Waals surface area (Å²) < 4.78 is 4.35. The number of rotatable bonds is 2. The molecule has 0 spiro atoms. The van der Waals surface area contributed by atoms with Gasteiger partial charge in [-0.05, 0) is 0 Å². The molecule has 0 amide bonds. The molecule has 0 fully saturated rings. The van der Waals surface area contributed by atoms with E-state index in [2.05, 4.69) is 11.3 Å². The van der Waals surface area contributed by atoms with Crippen LogP contribution in [-0.4, -0.2) is 16.2 Å². The van der Waals surface area contributed by atoms with Gasteiger partial charge in [0, 0.05) is 16.3 Å². The lowest BCUT2D eigenvalue weighted by Gasteiger charge is -1.88. The van der Waals surface area contributed by atoms with Crippen LogP contribution in [0.1, 0.15) is 0 Å². The summed E-state index contributed by atoms with van der Waals surface area (Å²) in [5, 5.41) is 0. The largest absolute Gasteiger partial charge is 0.435 e. The average Bonchev–Trinajstić information content (AvgIpc) is 1.68. The van der Waals surface area contributed by atoms with Crippen LogP contribution in [0.4, 0.5) is 0 Å². The van der Waals surface area contributed by atoms with E-state index in [1.807, 2.05) is 0 Å². The molecule has 40 valence electrons. The second-order valence-electron chi connectivity index (χ2n) is 1.01. The Morgan fingerprint density at radius 1 is 2.00 bits per heavy atom. The molecule has 0 rings (SSSR count). The zero-order chi connectivity index (χ0) is 5.70. The van der Waals surface area contributed by atoms with Crippen molar-refractivity contribution < 1.29 is 9.53 Å². The van der Waals surface area contributed by atoms with E-state index in [0.717, 1.165) is 16.5 Å². The van der Waals surface area contributed by atoms with Crippen LogP contribution in [-0.2, 0) is 9.53 Å². The van der Waals surface area contributed by atoms with Crippen LogP contribution in [0.3, 0.4) is 0 Å². The lowest BCUT2D eigenvalue weighted by Crippen LogP contribution is -1.95. The molecule has 0 bridgehead atoms. The molecule has 0 aliphatic carbocycles. The summed E-state index contributed by atoms with van der Waals surface area (Å²) in [6.07, 6.45) is 1.15. The van der Waals surface area contributed by atoms with E-state index in [1.54, 1.807) is 0 Å². The Morgan fingerprint density at radius 3 is 2.71 bits per heavy atom.